The summed E-state index contributed by atoms with van der Waals surface area (Å²) in [6.45, 7) is 3.95. The highest BCUT2D eigenvalue weighted by molar-refractivity contribution is 5.70. The SMILES string of the molecule is CC/C=C\C/C=C\C/C=C\C/C=C\C=C/C(O)C/C=C\CCC(=O)OC[C@@H](O)COC(=O)CCCCCCCCC. The zero-order valence-electron chi connectivity index (χ0n) is 25.6. The third-order valence-corrected chi connectivity index (χ3v) is 6.05. The maximum absolute atomic E-state index is 11.8. The highest BCUT2D eigenvalue weighted by Crippen LogP contribution is 2.09. The Balaban J connectivity index is 3.79. The number of carbonyl (C=O) groups excluding carboxylic acids is 2. The van der Waals surface area contributed by atoms with E-state index >= 15 is 0 Å². The Hall–Kier alpha value is -2.70. The zero-order valence-corrected chi connectivity index (χ0v) is 25.6. The molecule has 0 rings (SSSR count). The van der Waals surface area contributed by atoms with Crippen molar-refractivity contribution in [3.05, 3.63) is 72.9 Å². The van der Waals surface area contributed by atoms with Gasteiger partial charge in [0.2, 0.25) is 0 Å². The fourth-order valence-electron chi connectivity index (χ4n) is 3.66. The van der Waals surface area contributed by atoms with E-state index in [4.69, 9.17) is 9.47 Å². The van der Waals surface area contributed by atoms with Crippen LogP contribution in [-0.4, -0.2) is 47.6 Å². The van der Waals surface area contributed by atoms with Crippen LogP contribution in [0.15, 0.2) is 72.9 Å². The molecule has 0 aliphatic heterocycles. The summed E-state index contributed by atoms with van der Waals surface area (Å²) in [4.78, 5) is 23.6. The first kappa shape index (κ1) is 38.3. The molecule has 0 saturated carbocycles. The molecule has 1 unspecified atom stereocenters. The van der Waals surface area contributed by atoms with Gasteiger partial charge < -0.3 is 19.7 Å². The molecule has 0 aromatic carbocycles. The molecule has 6 nitrogen and oxygen atoms in total. The molecule has 0 aliphatic rings. The number of rotatable bonds is 26. The summed E-state index contributed by atoms with van der Waals surface area (Å²) in [5.41, 5.74) is 0. The van der Waals surface area contributed by atoms with Crippen molar-refractivity contribution in [2.24, 2.45) is 0 Å². The Bertz CT molecular complexity index is 805. The van der Waals surface area contributed by atoms with Gasteiger partial charge in [0.05, 0.1) is 6.10 Å². The van der Waals surface area contributed by atoms with Crippen molar-refractivity contribution in [2.45, 2.75) is 122 Å². The minimum Gasteiger partial charge on any atom is -0.463 e. The van der Waals surface area contributed by atoms with Crippen LogP contribution in [-0.2, 0) is 19.1 Å². The average Bonchev–Trinajstić information content (AvgIpc) is 2.96. The largest absolute Gasteiger partial charge is 0.463 e. The van der Waals surface area contributed by atoms with E-state index in [1.54, 1.807) is 6.08 Å². The molecule has 232 valence electrons. The van der Waals surface area contributed by atoms with E-state index in [1.807, 2.05) is 30.4 Å². The smallest absolute Gasteiger partial charge is 0.306 e. The number of hydrogen-bond donors (Lipinski definition) is 2. The second-order valence-electron chi connectivity index (χ2n) is 10.0. The Morgan fingerprint density at radius 1 is 0.634 bits per heavy atom. The van der Waals surface area contributed by atoms with E-state index in [9.17, 15) is 19.8 Å². The van der Waals surface area contributed by atoms with Gasteiger partial charge in [0.25, 0.3) is 0 Å². The molecule has 0 radical (unpaired) electrons. The van der Waals surface area contributed by atoms with E-state index in [2.05, 4.69) is 50.3 Å². The van der Waals surface area contributed by atoms with Gasteiger partial charge in [-0.3, -0.25) is 9.59 Å². The minimum absolute atomic E-state index is 0.172. The third-order valence-electron chi connectivity index (χ3n) is 6.05. The standard InChI is InChI=1S/C35H56O6/c1-3-5-7-9-11-12-13-14-15-16-18-19-22-26-32(36)27-23-21-25-29-35(39)41-31-33(37)30-40-34(38)28-24-20-17-10-8-6-4-2/h5,7,11-12,14-15,18-19,21-23,26,32-33,36-37H,3-4,6,8-10,13,16-17,20,24-25,27-31H2,1-2H3/b7-5-,12-11-,15-14-,19-18-,23-21-,26-22-/t32?,33-/m0/s1. The van der Waals surface area contributed by atoms with Crippen LogP contribution in [0.3, 0.4) is 0 Å². The Morgan fingerprint density at radius 3 is 1.83 bits per heavy atom. The normalized spacial score (nSPS) is 14.0. The van der Waals surface area contributed by atoms with Gasteiger partial charge in [-0.25, -0.2) is 0 Å². The molecule has 0 aliphatic carbocycles. The van der Waals surface area contributed by atoms with Gasteiger partial charge in [0.1, 0.15) is 19.3 Å². The predicted molar refractivity (Wildman–Crippen MR) is 169 cm³/mol. The van der Waals surface area contributed by atoms with Gasteiger partial charge in [0, 0.05) is 12.8 Å². The van der Waals surface area contributed by atoms with E-state index in [-0.39, 0.29) is 25.6 Å². The molecular formula is C35H56O6. The van der Waals surface area contributed by atoms with Gasteiger partial charge in [-0.2, -0.15) is 0 Å². The highest BCUT2D eigenvalue weighted by Gasteiger charge is 2.11. The maximum atomic E-state index is 11.8. The number of unbranched alkanes of at least 4 members (excludes halogenated alkanes) is 6. The summed E-state index contributed by atoms with van der Waals surface area (Å²) in [6, 6.07) is 0. The molecule has 0 bridgehead atoms. The summed E-state index contributed by atoms with van der Waals surface area (Å²) < 4.78 is 10.1. The first-order valence-electron chi connectivity index (χ1n) is 15.6. The van der Waals surface area contributed by atoms with Gasteiger partial charge in [-0.05, 0) is 44.9 Å². The molecule has 0 aromatic heterocycles. The second kappa shape index (κ2) is 30.3. The molecule has 0 fully saturated rings. The predicted octanol–water partition coefficient (Wildman–Crippen LogP) is 8.02. The van der Waals surface area contributed by atoms with Crippen molar-refractivity contribution in [1.82, 2.24) is 0 Å². The molecule has 0 heterocycles. The molecular weight excluding hydrogens is 516 g/mol. The van der Waals surface area contributed by atoms with Crippen molar-refractivity contribution < 1.29 is 29.3 Å². The number of esters is 2. The van der Waals surface area contributed by atoms with Crippen LogP contribution in [0.25, 0.3) is 0 Å². The zero-order chi connectivity index (χ0) is 30.2. The summed E-state index contributed by atoms with van der Waals surface area (Å²) in [7, 11) is 0. The van der Waals surface area contributed by atoms with E-state index < -0.39 is 18.2 Å². The molecule has 2 atom stereocenters. The monoisotopic (exact) mass is 572 g/mol. The van der Waals surface area contributed by atoms with E-state index in [1.165, 1.54) is 25.7 Å². The van der Waals surface area contributed by atoms with Crippen molar-refractivity contribution in [1.29, 1.82) is 0 Å². The molecule has 2 N–H and O–H groups in total. The van der Waals surface area contributed by atoms with Crippen LogP contribution in [0.5, 0.6) is 0 Å². The summed E-state index contributed by atoms with van der Waals surface area (Å²) in [5.74, 6) is -0.757. The van der Waals surface area contributed by atoms with Gasteiger partial charge in [-0.1, -0.05) is 125 Å². The van der Waals surface area contributed by atoms with Gasteiger partial charge in [-0.15, -0.1) is 0 Å². The van der Waals surface area contributed by atoms with Gasteiger partial charge in [0.15, 0.2) is 0 Å². The Kier molecular flexibility index (Phi) is 28.3. The first-order chi connectivity index (χ1) is 20.0. The fourth-order valence-corrected chi connectivity index (χ4v) is 3.66. The number of carbonyl (C=O) groups is 2. The fraction of sp³-hybridized carbons (Fsp3) is 0.600. The third kappa shape index (κ3) is 30.1. The second-order valence-corrected chi connectivity index (χ2v) is 10.0. The van der Waals surface area contributed by atoms with Gasteiger partial charge >= 0.3 is 11.9 Å². The summed E-state index contributed by atoms with van der Waals surface area (Å²) >= 11 is 0. The minimum atomic E-state index is -1.03. The molecule has 0 amide bonds. The highest BCUT2D eigenvalue weighted by atomic mass is 16.6. The summed E-state index contributed by atoms with van der Waals surface area (Å²) in [5, 5.41) is 19.9. The van der Waals surface area contributed by atoms with Crippen LogP contribution >= 0.6 is 0 Å². The lowest BCUT2D eigenvalue weighted by molar-refractivity contribution is -0.152. The van der Waals surface area contributed by atoms with Crippen molar-refractivity contribution in [3.8, 4) is 0 Å². The van der Waals surface area contributed by atoms with Crippen LogP contribution in [0, 0.1) is 0 Å². The molecule has 0 spiro atoms. The Labute approximate surface area is 249 Å². The lowest BCUT2D eigenvalue weighted by Crippen LogP contribution is -2.25. The van der Waals surface area contributed by atoms with E-state index in [0.717, 1.165) is 44.9 Å². The Morgan fingerprint density at radius 2 is 1.20 bits per heavy atom. The van der Waals surface area contributed by atoms with Crippen LogP contribution < -0.4 is 0 Å². The number of aliphatic hydroxyl groups excluding tert-OH is 2. The molecule has 6 heteroatoms. The van der Waals surface area contributed by atoms with E-state index in [0.29, 0.717) is 19.3 Å². The number of aliphatic hydroxyl groups is 2. The maximum Gasteiger partial charge on any atom is 0.306 e. The molecule has 41 heavy (non-hydrogen) atoms. The molecule has 0 saturated heterocycles. The average molecular weight is 573 g/mol. The quantitative estimate of drug-likeness (QED) is 0.0472. The topological polar surface area (TPSA) is 93.1 Å². The first-order valence-corrected chi connectivity index (χ1v) is 15.6. The number of allylic oxidation sites excluding steroid dienone is 10. The van der Waals surface area contributed by atoms with Crippen molar-refractivity contribution in [2.75, 3.05) is 13.2 Å². The number of hydrogen-bond acceptors (Lipinski definition) is 6. The summed E-state index contributed by atoms with van der Waals surface area (Å²) in [6.07, 6.45) is 35.7. The van der Waals surface area contributed by atoms with Crippen LogP contribution in [0.4, 0.5) is 0 Å². The van der Waals surface area contributed by atoms with Crippen LogP contribution in [0.1, 0.15) is 110 Å². The van der Waals surface area contributed by atoms with Crippen molar-refractivity contribution in [3.63, 3.8) is 0 Å². The lowest BCUT2D eigenvalue weighted by Gasteiger charge is -2.12. The lowest BCUT2D eigenvalue weighted by atomic mass is 10.1. The van der Waals surface area contributed by atoms with Crippen LogP contribution in [0.2, 0.25) is 0 Å². The molecule has 0 aromatic rings. The number of ether oxygens (including phenoxy) is 2. The van der Waals surface area contributed by atoms with Crippen molar-refractivity contribution >= 4 is 11.9 Å².